The zero-order valence-electron chi connectivity index (χ0n) is 16.0. The molecule has 0 unspecified atom stereocenters. The number of carbonyl (C=O) groups is 1. The van der Waals surface area contributed by atoms with Crippen molar-refractivity contribution < 1.29 is 22.4 Å². The van der Waals surface area contributed by atoms with E-state index in [1.54, 1.807) is 6.92 Å². The number of rotatable bonds is 4. The molecule has 29 heavy (non-hydrogen) atoms. The molecule has 10 heteroatoms. The molecule has 2 aliphatic heterocycles. The molecule has 1 saturated heterocycles. The number of hydrogen-bond donors (Lipinski definition) is 2. The van der Waals surface area contributed by atoms with Gasteiger partial charge < -0.3 is 21.3 Å². The maximum atomic E-state index is 12.9. The van der Waals surface area contributed by atoms with E-state index in [1.165, 1.54) is 23.2 Å². The molecule has 0 atom stereocenters. The second-order valence-electron chi connectivity index (χ2n) is 7.39. The molecule has 1 amide bonds. The largest absolute Gasteiger partial charge is 0.394 e. The molecule has 0 bridgehead atoms. The zero-order chi connectivity index (χ0) is 21.3. The number of pyridine rings is 1. The summed E-state index contributed by atoms with van der Waals surface area (Å²) in [6, 6.07) is 1.51. The van der Waals surface area contributed by atoms with Crippen molar-refractivity contribution in [3.63, 3.8) is 0 Å². The molecule has 1 aromatic rings. The first-order valence-electron chi connectivity index (χ1n) is 9.18. The van der Waals surface area contributed by atoms with Gasteiger partial charge in [0.15, 0.2) is 0 Å². The molecule has 1 aromatic heterocycles. The molecule has 6 nitrogen and oxygen atoms in total. The van der Waals surface area contributed by atoms with Gasteiger partial charge in [-0.2, -0.15) is 13.2 Å². The van der Waals surface area contributed by atoms with Gasteiger partial charge in [-0.15, -0.1) is 0 Å². The van der Waals surface area contributed by atoms with Gasteiger partial charge in [-0.05, 0) is 29.7 Å². The van der Waals surface area contributed by atoms with Gasteiger partial charge in [0.25, 0.3) is 5.91 Å². The van der Waals surface area contributed by atoms with Crippen molar-refractivity contribution in [3.05, 3.63) is 52.3 Å². The van der Waals surface area contributed by atoms with Crippen molar-refractivity contribution >= 4 is 5.91 Å². The molecule has 0 saturated carbocycles. The average molecular weight is 413 g/mol. The lowest BCUT2D eigenvalue weighted by atomic mass is 10.0. The molecule has 0 radical (unpaired) electrons. The highest BCUT2D eigenvalue weighted by Gasteiger charge is 2.31. The number of nitrogens with zero attached hydrogens (tertiary/aromatic N) is 3. The lowest BCUT2D eigenvalue weighted by Gasteiger charge is -2.34. The maximum absolute atomic E-state index is 12.9. The molecule has 3 rings (SSSR count). The summed E-state index contributed by atoms with van der Waals surface area (Å²) >= 11 is 0. The standard InChI is InChI=1S/C19H23F4N5O/c1-11(4-15(24)18(29)28-9-14(20)10-28)17(25)27-3-2-16-13(8-27)5-12(7-26-16)6-19(21,22)23/h4-5,7,14H,2-3,6,8-10,24-25H2,1H3/b15-4-,17-11+. The second-order valence-corrected chi connectivity index (χ2v) is 7.39. The van der Waals surface area contributed by atoms with Crippen LogP contribution in [0.4, 0.5) is 17.6 Å². The minimum atomic E-state index is -4.30. The van der Waals surface area contributed by atoms with Crippen molar-refractivity contribution in [2.24, 2.45) is 11.5 Å². The Kier molecular flexibility index (Phi) is 5.72. The van der Waals surface area contributed by atoms with E-state index in [-0.39, 0.29) is 24.4 Å². The number of allylic oxidation sites excluding steroid dienone is 2. The van der Waals surface area contributed by atoms with E-state index < -0.39 is 24.7 Å². The molecule has 158 valence electrons. The molecule has 1 fully saturated rings. The van der Waals surface area contributed by atoms with Gasteiger partial charge in [-0.3, -0.25) is 9.78 Å². The van der Waals surface area contributed by atoms with E-state index in [0.717, 1.165) is 5.69 Å². The van der Waals surface area contributed by atoms with Crippen LogP contribution < -0.4 is 11.5 Å². The van der Waals surface area contributed by atoms with Crippen molar-refractivity contribution in [2.75, 3.05) is 19.6 Å². The van der Waals surface area contributed by atoms with E-state index in [1.807, 2.05) is 4.90 Å². The van der Waals surface area contributed by atoms with Crippen molar-refractivity contribution in [2.45, 2.75) is 38.7 Å². The number of carbonyl (C=O) groups excluding carboxylic acids is 1. The third-order valence-electron chi connectivity index (χ3n) is 4.99. The Balaban J connectivity index is 1.73. The highest BCUT2D eigenvalue weighted by atomic mass is 19.4. The van der Waals surface area contributed by atoms with Crippen LogP contribution in [0.3, 0.4) is 0 Å². The molecule has 0 spiro atoms. The van der Waals surface area contributed by atoms with Crippen LogP contribution in [0.5, 0.6) is 0 Å². The first-order chi connectivity index (χ1) is 13.5. The fraction of sp³-hybridized carbons (Fsp3) is 0.474. The summed E-state index contributed by atoms with van der Waals surface area (Å²) in [6.07, 6.45) is -3.10. The Morgan fingerprint density at radius 3 is 2.62 bits per heavy atom. The second kappa shape index (κ2) is 7.92. The quantitative estimate of drug-likeness (QED) is 0.446. The minimum Gasteiger partial charge on any atom is -0.394 e. The van der Waals surface area contributed by atoms with Gasteiger partial charge in [-0.25, -0.2) is 4.39 Å². The molecule has 4 N–H and O–H groups in total. The predicted octanol–water partition coefficient (Wildman–Crippen LogP) is 1.76. The Morgan fingerprint density at radius 1 is 1.31 bits per heavy atom. The molecule has 0 aromatic carbocycles. The van der Waals surface area contributed by atoms with Gasteiger partial charge in [0.2, 0.25) is 0 Å². The number of halogens is 4. The number of nitrogens with two attached hydrogens (primary N) is 2. The predicted molar refractivity (Wildman–Crippen MR) is 98.7 cm³/mol. The number of aromatic nitrogens is 1. The van der Waals surface area contributed by atoms with E-state index in [4.69, 9.17) is 11.5 Å². The van der Waals surface area contributed by atoms with Crippen LogP contribution in [0, 0.1) is 0 Å². The molecular formula is C19H23F4N5O. The van der Waals surface area contributed by atoms with Crippen LogP contribution >= 0.6 is 0 Å². The van der Waals surface area contributed by atoms with Crippen LogP contribution in [0.2, 0.25) is 0 Å². The van der Waals surface area contributed by atoms with Gasteiger partial charge in [-0.1, -0.05) is 6.07 Å². The Bertz CT molecular complexity index is 859. The van der Waals surface area contributed by atoms with E-state index >= 15 is 0 Å². The van der Waals surface area contributed by atoms with Crippen LogP contribution in [-0.4, -0.2) is 52.7 Å². The number of amides is 1. The van der Waals surface area contributed by atoms with Crippen LogP contribution in [0.1, 0.15) is 23.7 Å². The summed E-state index contributed by atoms with van der Waals surface area (Å²) in [5.41, 5.74) is 14.1. The van der Waals surface area contributed by atoms with E-state index in [0.29, 0.717) is 36.5 Å². The smallest absolute Gasteiger partial charge is 0.393 e. The fourth-order valence-electron chi connectivity index (χ4n) is 3.40. The normalized spacial score (nSPS) is 18.9. The highest BCUT2D eigenvalue weighted by Crippen LogP contribution is 2.25. The third kappa shape index (κ3) is 4.99. The van der Waals surface area contributed by atoms with Gasteiger partial charge in [0, 0.05) is 31.4 Å². The monoisotopic (exact) mass is 413 g/mol. The summed E-state index contributed by atoms with van der Waals surface area (Å²) in [6.45, 7) is 2.61. The molecule has 2 aliphatic rings. The van der Waals surface area contributed by atoms with Crippen LogP contribution in [0.25, 0.3) is 0 Å². The summed E-state index contributed by atoms with van der Waals surface area (Å²) in [7, 11) is 0. The van der Waals surface area contributed by atoms with Crippen molar-refractivity contribution in [1.29, 1.82) is 0 Å². The summed E-state index contributed by atoms with van der Waals surface area (Å²) in [5, 5.41) is 0. The Labute approximate surface area is 165 Å². The number of likely N-dealkylation sites (tertiary alicyclic amines) is 1. The van der Waals surface area contributed by atoms with Crippen molar-refractivity contribution in [1.82, 2.24) is 14.8 Å². The third-order valence-corrected chi connectivity index (χ3v) is 4.99. The van der Waals surface area contributed by atoms with Crippen LogP contribution in [0.15, 0.2) is 35.4 Å². The first-order valence-corrected chi connectivity index (χ1v) is 9.18. The molecule has 3 heterocycles. The minimum absolute atomic E-state index is 0.0295. The van der Waals surface area contributed by atoms with Gasteiger partial charge in [0.05, 0.1) is 25.2 Å². The van der Waals surface area contributed by atoms with Crippen LogP contribution in [-0.2, 0) is 24.2 Å². The van der Waals surface area contributed by atoms with Crippen molar-refractivity contribution in [3.8, 4) is 0 Å². The van der Waals surface area contributed by atoms with E-state index in [9.17, 15) is 22.4 Å². The lowest BCUT2D eigenvalue weighted by Crippen LogP contribution is -2.52. The highest BCUT2D eigenvalue weighted by molar-refractivity contribution is 5.93. The lowest BCUT2D eigenvalue weighted by molar-refractivity contribution is -0.134. The van der Waals surface area contributed by atoms with E-state index in [2.05, 4.69) is 4.98 Å². The summed E-state index contributed by atoms with van der Waals surface area (Å²) in [4.78, 5) is 19.4. The fourth-order valence-corrected chi connectivity index (χ4v) is 3.40. The first kappa shape index (κ1) is 20.9. The van der Waals surface area contributed by atoms with Gasteiger partial charge >= 0.3 is 6.18 Å². The number of hydrogen-bond acceptors (Lipinski definition) is 5. The summed E-state index contributed by atoms with van der Waals surface area (Å²) in [5.74, 6) is -0.0735. The maximum Gasteiger partial charge on any atom is 0.393 e. The average Bonchev–Trinajstić information content (AvgIpc) is 2.62. The molecular weight excluding hydrogens is 390 g/mol. The topological polar surface area (TPSA) is 88.5 Å². The zero-order valence-corrected chi connectivity index (χ0v) is 16.0. The molecule has 0 aliphatic carbocycles. The number of alkyl halides is 4. The summed E-state index contributed by atoms with van der Waals surface area (Å²) < 4.78 is 50.8. The SMILES string of the molecule is CC(/C=C(\N)C(=O)N1CC(F)C1)=C(/N)N1CCc2ncc(CC(F)(F)F)cc2C1. The Hall–Kier alpha value is -2.78. The van der Waals surface area contributed by atoms with Gasteiger partial charge in [0.1, 0.15) is 12.0 Å². The number of fused-ring (bicyclic) bond motifs is 1. The Morgan fingerprint density at radius 2 is 2.00 bits per heavy atom.